The molecule has 21 heavy (non-hydrogen) atoms. The van der Waals surface area contributed by atoms with Crippen molar-refractivity contribution in [3.63, 3.8) is 0 Å². The van der Waals surface area contributed by atoms with Crippen LogP contribution in [-0.2, 0) is 17.1 Å². The average molecular weight is 310 g/mol. The quantitative estimate of drug-likeness (QED) is 0.832. The van der Waals surface area contributed by atoms with Crippen LogP contribution >= 0.6 is 0 Å². The molecule has 1 heterocycles. The van der Waals surface area contributed by atoms with Gasteiger partial charge in [0.25, 0.3) is 10.0 Å². The number of benzene rings is 1. The van der Waals surface area contributed by atoms with Crippen molar-refractivity contribution in [1.29, 1.82) is 0 Å². The van der Waals surface area contributed by atoms with E-state index in [9.17, 15) is 8.42 Å². The van der Waals surface area contributed by atoms with Crippen LogP contribution in [-0.4, -0.2) is 25.3 Å². The monoisotopic (exact) mass is 310 g/mol. The number of aromatic nitrogens is 2. The first-order valence-electron chi connectivity index (χ1n) is 6.23. The van der Waals surface area contributed by atoms with E-state index < -0.39 is 10.0 Å². The Hall–Kier alpha value is -2.22. The second kappa shape index (κ2) is 5.28. The van der Waals surface area contributed by atoms with Crippen LogP contribution in [0, 0.1) is 13.8 Å². The highest BCUT2D eigenvalue weighted by molar-refractivity contribution is 7.92. The molecule has 0 saturated carbocycles. The molecule has 1 aromatic carbocycles. The Kier molecular flexibility index (Phi) is 3.82. The molecule has 0 spiro atoms. The first kappa shape index (κ1) is 15.2. The highest BCUT2D eigenvalue weighted by Gasteiger charge is 2.24. The Morgan fingerprint density at radius 2 is 2.00 bits per heavy atom. The third kappa shape index (κ3) is 2.80. The number of anilines is 2. The molecule has 0 unspecified atom stereocenters. The molecule has 2 rings (SSSR count). The van der Waals surface area contributed by atoms with E-state index in [4.69, 9.17) is 10.5 Å². The number of hydrogen-bond acceptors (Lipinski definition) is 5. The van der Waals surface area contributed by atoms with Crippen LogP contribution in [0.15, 0.2) is 23.1 Å². The Morgan fingerprint density at radius 3 is 2.52 bits per heavy atom. The summed E-state index contributed by atoms with van der Waals surface area (Å²) in [5.74, 6) is 0.515. The lowest BCUT2D eigenvalue weighted by Gasteiger charge is -2.12. The van der Waals surface area contributed by atoms with E-state index in [1.807, 2.05) is 0 Å². The van der Waals surface area contributed by atoms with Gasteiger partial charge in [-0.3, -0.25) is 9.40 Å². The van der Waals surface area contributed by atoms with Crippen LogP contribution in [0.5, 0.6) is 5.75 Å². The zero-order valence-corrected chi connectivity index (χ0v) is 13.2. The fraction of sp³-hybridized carbons (Fsp3) is 0.308. The summed E-state index contributed by atoms with van der Waals surface area (Å²) in [7, 11) is -0.575. The lowest BCUT2D eigenvalue weighted by atomic mass is 10.2. The van der Waals surface area contributed by atoms with E-state index in [2.05, 4.69) is 9.82 Å². The van der Waals surface area contributed by atoms with Crippen molar-refractivity contribution in [2.75, 3.05) is 17.6 Å². The number of rotatable bonds is 4. The molecule has 2 aromatic rings. The minimum absolute atomic E-state index is 0.159. The van der Waals surface area contributed by atoms with Gasteiger partial charge in [-0.2, -0.15) is 5.10 Å². The average Bonchev–Trinajstić information content (AvgIpc) is 2.66. The summed E-state index contributed by atoms with van der Waals surface area (Å²) in [6.07, 6.45) is 0. The molecule has 0 radical (unpaired) electrons. The Labute approximate surface area is 123 Å². The Morgan fingerprint density at radius 1 is 1.33 bits per heavy atom. The molecule has 114 valence electrons. The summed E-state index contributed by atoms with van der Waals surface area (Å²) in [6, 6.07) is 4.78. The number of methoxy groups -OCH3 is 1. The number of ether oxygens (including phenoxy) is 1. The molecule has 3 N–H and O–H groups in total. The molecule has 0 aliphatic rings. The summed E-state index contributed by atoms with van der Waals surface area (Å²) in [5.41, 5.74) is 7.39. The van der Waals surface area contributed by atoms with Crippen LogP contribution in [0.3, 0.4) is 0 Å². The van der Waals surface area contributed by atoms with Crippen molar-refractivity contribution in [2.24, 2.45) is 7.05 Å². The number of sulfonamides is 1. The molecular formula is C13H18N4O3S. The topological polar surface area (TPSA) is 99.2 Å². The van der Waals surface area contributed by atoms with Gasteiger partial charge >= 0.3 is 0 Å². The molecule has 0 atom stereocenters. The van der Waals surface area contributed by atoms with E-state index in [-0.39, 0.29) is 10.6 Å². The zero-order chi connectivity index (χ0) is 15.8. The largest absolute Gasteiger partial charge is 0.497 e. The van der Waals surface area contributed by atoms with Gasteiger partial charge in [-0.05, 0) is 26.0 Å². The summed E-state index contributed by atoms with van der Waals surface area (Å²) < 4.78 is 34.2. The van der Waals surface area contributed by atoms with Gasteiger partial charge in [-0.15, -0.1) is 0 Å². The fourth-order valence-corrected chi connectivity index (χ4v) is 3.61. The molecule has 1 aromatic heterocycles. The zero-order valence-electron chi connectivity index (χ0n) is 12.3. The third-order valence-corrected chi connectivity index (χ3v) is 4.83. The highest BCUT2D eigenvalue weighted by atomic mass is 32.2. The Balaban J connectivity index is 2.47. The molecule has 0 amide bonds. The maximum absolute atomic E-state index is 12.5. The minimum Gasteiger partial charge on any atom is -0.497 e. The number of aryl methyl sites for hydroxylation is 2. The van der Waals surface area contributed by atoms with Crippen molar-refractivity contribution in [1.82, 2.24) is 9.78 Å². The van der Waals surface area contributed by atoms with Gasteiger partial charge in [0.1, 0.15) is 10.6 Å². The molecule has 0 saturated heterocycles. The molecular weight excluding hydrogens is 292 g/mol. The van der Waals surface area contributed by atoms with Crippen LogP contribution < -0.4 is 15.2 Å². The maximum atomic E-state index is 12.5. The van der Waals surface area contributed by atoms with Crippen molar-refractivity contribution in [3.8, 4) is 5.75 Å². The normalized spacial score (nSPS) is 11.4. The van der Waals surface area contributed by atoms with E-state index in [1.54, 1.807) is 33.0 Å². The van der Waals surface area contributed by atoms with Gasteiger partial charge in [-0.1, -0.05) is 0 Å². The predicted octanol–water partition coefficient (Wildman–Crippen LogP) is 1.43. The second-order valence-corrected chi connectivity index (χ2v) is 6.30. The maximum Gasteiger partial charge on any atom is 0.265 e. The number of hydrogen-bond donors (Lipinski definition) is 2. The highest BCUT2D eigenvalue weighted by Crippen LogP contribution is 2.28. The van der Waals surface area contributed by atoms with Crippen LogP contribution in [0.25, 0.3) is 0 Å². The number of nitrogen functional groups attached to an aromatic ring is 1. The van der Waals surface area contributed by atoms with E-state index in [1.165, 1.54) is 17.9 Å². The number of nitrogens with one attached hydrogen (secondary N) is 1. The minimum atomic E-state index is -3.77. The van der Waals surface area contributed by atoms with Crippen molar-refractivity contribution in [3.05, 3.63) is 29.6 Å². The summed E-state index contributed by atoms with van der Waals surface area (Å²) in [5, 5.41) is 4.12. The Bertz CT molecular complexity index is 781. The SMILES string of the molecule is COc1ccc(N)c(NS(=O)(=O)c2c(C)nn(C)c2C)c1. The van der Waals surface area contributed by atoms with Gasteiger partial charge in [-0.25, -0.2) is 8.42 Å². The fourth-order valence-electron chi connectivity index (χ4n) is 2.09. The third-order valence-electron chi connectivity index (χ3n) is 3.22. The van der Waals surface area contributed by atoms with Gasteiger partial charge in [0.15, 0.2) is 0 Å². The van der Waals surface area contributed by atoms with Gasteiger partial charge < -0.3 is 10.5 Å². The van der Waals surface area contributed by atoms with Gasteiger partial charge in [0.2, 0.25) is 0 Å². The smallest absolute Gasteiger partial charge is 0.265 e. The van der Waals surface area contributed by atoms with Crippen LogP contribution in [0.2, 0.25) is 0 Å². The number of nitrogens with zero attached hydrogens (tertiary/aromatic N) is 2. The van der Waals surface area contributed by atoms with Gasteiger partial charge in [0.05, 0.1) is 29.9 Å². The lowest BCUT2D eigenvalue weighted by molar-refractivity contribution is 0.415. The summed E-state index contributed by atoms with van der Waals surface area (Å²) in [4.78, 5) is 0.159. The molecule has 0 aliphatic carbocycles. The van der Waals surface area contributed by atoms with Crippen molar-refractivity contribution in [2.45, 2.75) is 18.7 Å². The molecule has 7 nitrogen and oxygen atoms in total. The molecule has 0 bridgehead atoms. The van der Waals surface area contributed by atoms with Crippen LogP contribution in [0.1, 0.15) is 11.4 Å². The van der Waals surface area contributed by atoms with Gasteiger partial charge in [0, 0.05) is 13.1 Å². The van der Waals surface area contributed by atoms with E-state index in [0.717, 1.165) is 0 Å². The van der Waals surface area contributed by atoms with E-state index >= 15 is 0 Å². The standard InChI is InChI=1S/C13H18N4O3S/c1-8-13(9(2)17(3)15-8)21(18,19)16-12-7-10(20-4)5-6-11(12)14/h5-7,16H,14H2,1-4H3. The lowest BCUT2D eigenvalue weighted by Crippen LogP contribution is -2.16. The number of nitrogens with two attached hydrogens (primary N) is 1. The van der Waals surface area contributed by atoms with Crippen molar-refractivity contribution < 1.29 is 13.2 Å². The molecule has 8 heteroatoms. The summed E-state index contributed by atoms with van der Waals surface area (Å²) >= 11 is 0. The first-order chi connectivity index (χ1) is 9.76. The molecule has 0 fully saturated rings. The summed E-state index contributed by atoms with van der Waals surface area (Å²) in [6.45, 7) is 3.35. The van der Waals surface area contributed by atoms with Crippen molar-refractivity contribution >= 4 is 21.4 Å². The van der Waals surface area contributed by atoms with Crippen LogP contribution in [0.4, 0.5) is 11.4 Å². The second-order valence-electron chi connectivity index (χ2n) is 4.68. The predicted molar refractivity (Wildman–Crippen MR) is 80.9 cm³/mol. The first-order valence-corrected chi connectivity index (χ1v) is 7.71. The van der Waals surface area contributed by atoms with E-state index in [0.29, 0.717) is 22.8 Å². The molecule has 0 aliphatic heterocycles.